The van der Waals surface area contributed by atoms with Gasteiger partial charge in [0, 0.05) is 17.1 Å². The third-order valence-corrected chi connectivity index (χ3v) is 3.52. The van der Waals surface area contributed by atoms with Crippen LogP contribution in [0.5, 0.6) is 0 Å². The molecule has 0 fully saturated rings. The highest BCUT2D eigenvalue weighted by molar-refractivity contribution is 5.99. The van der Waals surface area contributed by atoms with Crippen LogP contribution < -0.4 is 16.4 Å². The Morgan fingerprint density at radius 2 is 1.55 bits per heavy atom. The molecule has 0 heterocycles. The average Bonchev–Trinajstić information content (AvgIpc) is 2.89. The molecule has 1 aliphatic rings. The van der Waals surface area contributed by atoms with Crippen molar-refractivity contribution in [1.82, 2.24) is 0 Å². The first-order valence-corrected chi connectivity index (χ1v) is 6.76. The van der Waals surface area contributed by atoms with Crippen LogP contribution in [0, 0.1) is 0 Å². The number of anilines is 3. The number of amides is 2. The van der Waals surface area contributed by atoms with Gasteiger partial charge in [-0.2, -0.15) is 0 Å². The summed E-state index contributed by atoms with van der Waals surface area (Å²) in [4.78, 5) is 11.9. The van der Waals surface area contributed by atoms with Crippen molar-refractivity contribution in [3.05, 3.63) is 53.6 Å². The van der Waals surface area contributed by atoms with Crippen molar-refractivity contribution in [3.63, 3.8) is 0 Å². The third-order valence-electron chi connectivity index (χ3n) is 3.52. The lowest BCUT2D eigenvalue weighted by Gasteiger charge is -2.09. The molecule has 0 unspecified atom stereocenters. The molecule has 0 saturated carbocycles. The maximum Gasteiger partial charge on any atom is 0.323 e. The number of fused-ring (bicyclic) bond motifs is 1. The van der Waals surface area contributed by atoms with Gasteiger partial charge in [-0.1, -0.05) is 6.07 Å². The van der Waals surface area contributed by atoms with Gasteiger partial charge in [0.25, 0.3) is 0 Å². The van der Waals surface area contributed by atoms with E-state index in [1.54, 1.807) is 24.3 Å². The minimum absolute atomic E-state index is 0.243. The average molecular weight is 267 g/mol. The van der Waals surface area contributed by atoms with Crippen molar-refractivity contribution < 1.29 is 4.79 Å². The Labute approximate surface area is 118 Å². The molecule has 0 bridgehead atoms. The lowest BCUT2D eigenvalue weighted by Crippen LogP contribution is -2.19. The highest BCUT2D eigenvalue weighted by atomic mass is 16.2. The van der Waals surface area contributed by atoms with Crippen LogP contribution in [0.2, 0.25) is 0 Å². The zero-order chi connectivity index (χ0) is 13.9. The summed E-state index contributed by atoms with van der Waals surface area (Å²) in [6.45, 7) is 0. The van der Waals surface area contributed by atoms with Gasteiger partial charge in [0.05, 0.1) is 0 Å². The molecular weight excluding hydrogens is 250 g/mol. The number of carbonyl (C=O) groups is 1. The first kappa shape index (κ1) is 12.5. The number of aryl methyl sites for hydroxylation is 2. The number of nitrogen functional groups attached to an aromatic ring is 1. The number of nitrogens with one attached hydrogen (secondary N) is 2. The molecule has 0 spiro atoms. The minimum Gasteiger partial charge on any atom is -0.399 e. The zero-order valence-electron chi connectivity index (χ0n) is 11.1. The summed E-state index contributed by atoms with van der Waals surface area (Å²) in [6, 6.07) is 12.9. The lowest BCUT2D eigenvalue weighted by atomic mass is 10.1. The highest BCUT2D eigenvalue weighted by Crippen LogP contribution is 2.25. The Kier molecular flexibility index (Phi) is 3.29. The summed E-state index contributed by atoms with van der Waals surface area (Å²) in [5.74, 6) is 0. The molecule has 2 amide bonds. The summed E-state index contributed by atoms with van der Waals surface area (Å²) in [5, 5.41) is 5.63. The van der Waals surface area contributed by atoms with E-state index in [9.17, 15) is 4.79 Å². The topological polar surface area (TPSA) is 67.1 Å². The quantitative estimate of drug-likeness (QED) is 0.730. The molecule has 1 aliphatic carbocycles. The monoisotopic (exact) mass is 267 g/mol. The van der Waals surface area contributed by atoms with Gasteiger partial charge in [-0.25, -0.2) is 4.79 Å². The van der Waals surface area contributed by atoms with Crippen molar-refractivity contribution in [3.8, 4) is 0 Å². The van der Waals surface area contributed by atoms with Crippen LogP contribution in [0.4, 0.5) is 21.9 Å². The summed E-state index contributed by atoms with van der Waals surface area (Å²) < 4.78 is 0. The molecule has 4 N–H and O–H groups in total. The second-order valence-electron chi connectivity index (χ2n) is 5.04. The van der Waals surface area contributed by atoms with Gasteiger partial charge >= 0.3 is 6.03 Å². The molecule has 3 rings (SSSR count). The predicted molar refractivity (Wildman–Crippen MR) is 82.0 cm³/mol. The van der Waals surface area contributed by atoms with E-state index >= 15 is 0 Å². The molecule has 4 heteroatoms. The molecule has 102 valence electrons. The lowest BCUT2D eigenvalue weighted by molar-refractivity contribution is 0.262. The van der Waals surface area contributed by atoms with Crippen molar-refractivity contribution in [2.75, 3.05) is 16.4 Å². The second-order valence-corrected chi connectivity index (χ2v) is 5.04. The minimum atomic E-state index is -0.243. The summed E-state index contributed by atoms with van der Waals surface area (Å²) in [5.41, 5.74) is 10.6. The number of urea groups is 1. The third kappa shape index (κ3) is 2.74. The number of nitrogens with two attached hydrogens (primary N) is 1. The largest absolute Gasteiger partial charge is 0.399 e. The molecule has 0 radical (unpaired) electrons. The SMILES string of the molecule is Nc1ccc(NC(=O)Nc2ccc3c(c2)CCC3)cc1. The van der Waals surface area contributed by atoms with Crippen molar-refractivity contribution in [1.29, 1.82) is 0 Å². The molecular formula is C16H17N3O. The standard InChI is InChI=1S/C16H17N3O/c17-13-5-8-14(9-6-13)18-16(20)19-15-7-4-11-2-1-3-12(11)10-15/h4-10H,1-3,17H2,(H2,18,19,20). The Balaban J connectivity index is 1.65. The van der Waals surface area contributed by atoms with Gasteiger partial charge in [-0.15, -0.1) is 0 Å². The molecule has 4 nitrogen and oxygen atoms in total. The van der Waals surface area contributed by atoms with Crippen LogP contribution in [0.1, 0.15) is 17.5 Å². The van der Waals surface area contributed by atoms with E-state index in [2.05, 4.69) is 22.8 Å². The summed E-state index contributed by atoms with van der Waals surface area (Å²) in [6.07, 6.45) is 3.45. The van der Waals surface area contributed by atoms with E-state index in [4.69, 9.17) is 5.73 Å². The Morgan fingerprint density at radius 1 is 0.900 bits per heavy atom. The Hall–Kier alpha value is -2.49. The van der Waals surface area contributed by atoms with Crippen LogP contribution in [0.3, 0.4) is 0 Å². The maximum atomic E-state index is 11.9. The fourth-order valence-electron chi connectivity index (χ4n) is 2.51. The number of hydrogen-bond acceptors (Lipinski definition) is 2. The second kappa shape index (κ2) is 5.25. The summed E-state index contributed by atoms with van der Waals surface area (Å²) >= 11 is 0. The Bertz CT molecular complexity index is 635. The van der Waals surface area contributed by atoms with E-state index in [-0.39, 0.29) is 6.03 Å². The predicted octanol–water partition coefficient (Wildman–Crippen LogP) is 3.40. The van der Waals surface area contributed by atoms with Crippen LogP contribution in [-0.4, -0.2) is 6.03 Å². The zero-order valence-corrected chi connectivity index (χ0v) is 11.1. The molecule has 0 atom stereocenters. The van der Waals surface area contributed by atoms with E-state index < -0.39 is 0 Å². The van der Waals surface area contributed by atoms with Gasteiger partial charge in [0.2, 0.25) is 0 Å². The smallest absolute Gasteiger partial charge is 0.323 e. The highest BCUT2D eigenvalue weighted by Gasteiger charge is 2.11. The number of rotatable bonds is 2. The van der Waals surface area contributed by atoms with Crippen molar-refractivity contribution in [2.24, 2.45) is 0 Å². The molecule has 2 aromatic rings. The van der Waals surface area contributed by atoms with Crippen molar-refractivity contribution >= 4 is 23.1 Å². The van der Waals surface area contributed by atoms with E-state index in [0.717, 1.165) is 24.2 Å². The van der Waals surface area contributed by atoms with Crippen LogP contribution in [0.15, 0.2) is 42.5 Å². The van der Waals surface area contributed by atoms with Gasteiger partial charge in [-0.3, -0.25) is 0 Å². The number of carbonyl (C=O) groups excluding carboxylic acids is 1. The molecule has 0 aliphatic heterocycles. The number of hydrogen-bond donors (Lipinski definition) is 3. The van der Waals surface area contributed by atoms with Gasteiger partial charge in [0.15, 0.2) is 0 Å². The molecule has 0 saturated heterocycles. The van der Waals surface area contributed by atoms with E-state index in [1.807, 2.05) is 6.07 Å². The van der Waals surface area contributed by atoms with Crippen LogP contribution >= 0.6 is 0 Å². The van der Waals surface area contributed by atoms with Gasteiger partial charge < -0.3 is 16.4 Å². The first-order valence-electron chi connectivity index (χ1n) is 6.76. The van der Waals surface area contributed by atoms with Crippen molar-refractivity contribution in [2.45, 2.75) is 19.3 Å². The van der Waals surface area contributed by atoms with E-state index in [1.165, 1.54) is 17.5 Å². The van der Waals surface area contributed by atoms with Crippen LogP contribution in [-0.2, 0) is 12.8 Å². The first-order chi connectivity index (χ1) is 9.70. The van der Waals surface area contributed by atoms with Crippen LogP contribution in [0.25, 0.3) is 0 Å². The maximum absolute atomic E-state index is 11.9. The van der Waals surface area contributed by atoms with E-state index in [0.29, 0.717) is 5.69 Å². The molecule has 20 heavy (non-hydrogen) atoms. The normalized spacial score (nSPS) is 12.8. The summed E-state index contributed by atoms with van der Waals surface area (Å²) in [7, 11) is 0. The molecule has 2 aromatic carbocycles. The van der Waals surface area contributed by atoms with Gasteiger partial charge in [0.1, 0.15) is 0 Å². The molecule has 0 aromatic heterocycles. The fourth-order valence-corrected chi connectivity index (χ4v) is 2.51. The Morgan fingerprint density at radius 3 is 2.35 bits per heavy atom. The number of benzene rings is 2. The van der Waals surface area contributed by atoms with Gasteiger partial charge in [-0.05, 0) is 66.8 Å². The fraction of sp³-hybridized carbons (Fsp3) is 0.188.